The number of carbonyl (C=O) groups excluding carboxylic acids is 3. The van der Waals surface area contributed by atoms with Crippen LogP contribution in [0, 0.1) is 0 Å². The van der Waals surface area contributed by atoms with Crippen LogP contribution in [0.4, 0.5) is 0 Å². The van der Waals surface area contributed by atoms with E-state index in [1.807, 2.05) is 42.6 Å². The van der Waals surface area contributed by atoms with E-state index in [0.29, 0.717) is 19.3 Å². The average molecular weight is 468 g/mol. The Labute approximate surface area is 197 Å². The second-order valence-electron chi connectivity index (χ2n) is 7.68. The van der Waals surface area contributed by atoms with Crippen molar-refractivity contribution >= 4 is 28.9 Å². The third-order valence-corrected chi connectivity index (χ3v) is 6.13. The van der Waals surface area contributed by atoms with Crippen molar-refractivity contribution in [2.75, 3.05) is 0 Å². The predicted octanol–water partition coefficient (Wildman–Crippen LogP) is 3.88. The van der Waals surface area contributed by atoms with Gasteiger partial charge in [-0.05, 0) is 12.8 Å². The van der Waals surface area contributed by atoms with E-state index in [9.17, 15) is 14.4 Å². The molecule has 9 heteroatoms. The van der Waals surface area contributed by atoms with Gasteiger partial charge in [0.2, 0.25) is 5.91 Å². The van der Waals surface area contributed by atoms with Crippen molar-refractivity contribution in [1.29, 1.82) is 0 Å². The molecule has 0 saturated heterocycles. The van der Waals surface area contributed by atoms with E-state index in [4.69, 9.17) is 0 Å². The number of amides is 2. The Kier molecular flexibility index (Phi) is 9.31. The number of aromatic nitrogens is 3. The van der Waals surface area contributed by atoms with Crippen LogP contribution >= 0.6 is 11.3 Å². The van der Waals surface area contributed by atoms with Crippen LogP contribution < -0.4 is 10.6 Å². The van der Waals surface area contributed by atoms with Crippen molar-refractivity contribution in [3.63, 3.8) is 0 Å². The van der Waals surface area contributed by atoms with Crippen LogP contribution in [0.1, 0.15) is 61.8 Å². The van der Waals surface area contributed by atoms with Gasteiger partial charge in [-0.2, -0.15) is 0 Å². The third-order valence-electron chi connectivity index (χ3n) is 5.19. The van der Waals surface area contributed by atoms with Crippen LogP contribution in [0.25, 0.3) is 10.6 Å². The van der Waals surface area contributed by atoms with Gasteiger partial charge in [-0.25, -0.2) is 9.97 Å². The van der Waals surface area contributed by atoms with Gasteiger partial charge in [0.05, 0.1) is 12.2 Å². The minimum Gasteiger partial charge on any atom is -0.349 e. The van der Waals surface area contributed by atoms with Gasteiger partial charge in [0.1, 0.15) is 16.8 Å². The fourth-order valence-corrected chi connectivity index (χ4v) is 4.14. The summed E-state index contributed by atoms with van der Waals surface area (Å²) in [5, 5.41) is 8.47. The summed E-state index contributed by atoms with van der Waals surface area (Å²) in [6.07, 6.45) is 6.95. The molecule has 3 aromatic rings. The van der Waals surface area contributed by atoms with Crippen LogP contribution in [-0.4, -0.2) is 38.6 Å². The normalized spacial score (nSPS) is 11.7. The summed E-state index contributed by atoms with van der Waals surface area (Å²) < 4.78 is 0. The molecule has 0 spiro atoms. The van der Waals surface area contributed by atoms with Gasteiger partial charge >= 0.3 is 0 Å². The van der Waals surface area contributed by atoms with Crippen LogP contribution in [0.2, 0.25) is 0 Å². The van der Waals surface area contributed by atoms with Gasteiger partial charge in [-0.3, -0.25) is 14.4 Å². The fraction of sp³-hybridized carbons (Fsp3) is 0.375. The Hall–Kier alpha value is -3.33. The highest BCUT2D eigenvalue weighted by Crippen LogP contribution is 2.23. The molecule has 0 saturated carbocycles. The Balaban J connectivity index is 1.55. The van der Waals surface area contributed by atoms with Crippen molar-refractivity contribution in [3.05, 3.63) is 59.6 Å². The Morgan fingerprint density at radius 1 is 1.12 bits per heavy atom. The number of hydrogen-bond acceptors (Lipinski definition) is 6. The maximum Gasteiger partial charge on any atom is 0.287 e. The maximum atomic E-state index is 12.9. The number of unbranched alkanes of at least 4 members (excludes halogenated alkanes) is 2. The number of carbonyl (C=O) groups is 3. The standard InChI is InChI=1S/C24H29N5O3S/c1-2-19(30)11-7-4-8-12-20(29-23(32)21-25-13-14-26-21)22(31)27-15-18-16-33-24(28-18)17-9-5-3-6-10-17/h3,5-6,9-10,13-14,16,20H,2,4,7-8,11-12,15H2,1H3,(H,25,26)(H,27,31)(H,29,32)/t20-/m0/s1. The summed E-state index contributed by atoms with van der Waals surface area (Å²) in [5.41, 5.74) is 1.80. The topological polar surface area (TPSA) is 117 Å². The van der Waals surface area contributed by atoms with Gasteiger partial charge < -0.3 is 15.6 Å². The molecule has 33 heavy (non-hydrogen) atoms. The van der Waals surface area contributed by atoms with E-state index in [2.05, 4.69) is 25.6 Å². The fourth-order valence-electron chi connectivity index (χ4n) is 3.31. The first-order chi connectivity index (χ1) is 16.1. The molecule has 0 aliphatic rings. The molecule has 1 atom stereocenters. The number of nitrogens with zero attached hydrogens (tertiary/aromatic N) is 2. The number of H-pyrrole nitrogens is 1. The van der Waals surface area contributed by atoms with E-state index in [0.717, 1.165) is 35.5 Å². The van der Waals surface area contributed by atoms with E-state index in [1.165, 1.54) is 17.5 Å². The summed E-state index contributed by atoms with van der Waals surface area (Å²) in [5.74, 6) is -0.294. The lowest BCUT2D eigenvalue weighted by Crippen LogP contribution is -2.46. The van der Waals surface area contributed by atoms with E-state index in [1.54, 1.807) is 6.20 Å². The minimum absolute atomic E-state index is 0.161. The molecule has 3 rings (SSSR count). The van der Waals surface area contributed by atoms with Crippen LogP contribution in [0.5, 0.6) is 0 Å². The molecule has 0 radical (unpaired) electrons. The highest BCUT2D eigenvalue weighted by molar-refractivity contribution is 7.13. The number of imidazole rings is 1. The SMILES string of the molecule is CCC(=O)CCCCC[C@H](NC(=O)c1ncc[nH]1)C(=O)NCc1csc(-c2ccccc2)n1. The van der Waals surface area contributed by atoms with Gasteiger partial charge in [-0.15, -0.1) is 11.3 Å². The summed E-state index contributed by atoms with van der Waals surface area (Å²) in [4.78, 5) is 48.1. The quantitative estimate of drug-likeness (QED) is 0.330. The minimum atomic E-state index is -0.697. The molecule has 2 heterocycles. The maximum absolute atomic E-state index is 12.9. The first-order valence-electron chi connectivity index (χ1n) is 11.2. The predicted molar refractivity (Wildman–Crippen MR) is 128 cm³/mol. The number of hydrogen-bond donors (Lipinski definition) is 3. The van der Waals surface area contributed by atoms with Gasteiger partial charge in [0.25, 0.3) is 5.91 Å². The van der Waals surface area contributed by atoms with Gasteiger partial charge in [0.15, 0.2) is 5.82 Å². The summed E-state index contributed by atoms with van der Waals surface area (Å²) in [7, 11) is 0. The molecule has 2 amide bonds. The van der Waals surface area contributed by atoms with E-state index < -0.39 is 11.9 Å². The lowest BCUT2D eigenvalue weighted by atomic mass is 10.0. The molecular weight excluding hydrogens is 438 g/mol. The molecule has 3 N–H and O–H groups in total. The van der Waals surface area contributed by atoms with Crippen molar-refractivity contribution < 1.29 is 14.4 Å². The number of thiazole rings is 1. The molecular formula is C24H29N5O3S. The number of rotatable bonds is 13. The zero-order chi connectivity index (χ0) is 23.5. The Bertz CT molecular complexity index is 1030. The largest absolute Gasteiger partial charge is 0.349 e. The second kappa shape index (κ2) is 12.6. The molecule has 0 aliphatic heterocycles. The van der Waals surface area contributed by atoms with Gasteiger partial charge in [0, 0.05) is 36.2 Å². The zero-order valence-electron chi connectivity index (χ0n) is 18.7. The molecule has 2 aromatic heterocycles. The van der Waals surface area contributed by atoms with Crippen molar-refractivity contribution in [1.82, 2.24) is 25.6 Å². The molecule has 0 aliphatic carbocycles. The van der Waals surface area contributed by atoms with Crippen molar-refractivity contribution in [3.8, 4) is 10.6 Å². The highest BCUT2D eigenvalue weighted by Gasteiger charge is 2.22. The third kappa shape index (κ3) is 7.64. The number of Topliss-reactive ketones (excluding diaryl/α,β-unsaturated/α-hetero) is 1. The van der Waals surface area contributed by atoms with E-state index >= 15 is 0 Å². The molecule has 0 fully saturated rings. The second-order valence-corrected chi connectivity index (χ2v) is 8.54. The first-order valence-corrected chi connectivity index (χ1v) is 12.0. The molecule has 0 unspecified atom stereocenters. The first kappa shape index (κ1) is 24.3. The zero-order valence-corrected chi connectivity index (χ0v) is 19.5. The number of benzene rings is 1. The number of ketones is 1. The van der Waals surface area contributed by atoms with Crippen LogP contribution in [0.3, 0.4) is 0 Å². The summed E-state index contributed by atoms with van der Waals surface area (Å²) in [6, 6.07) is 9.17. The smallest absolute Gasteiger partial charge is 0.287 e. The molecule has 8 nitrogen and oxygen atoms in total. The highest BCUT2D eigenvalue weighted by atomic mass is 32.1. The van der Waals surface area contributed by atoms with Crippen molar-refractivity contribution in [2.45, 2.75) is 58.0 Å². The number of aromatic amines is 1. The number of nitrogens with one attached hydrogen (secondary N) is 3. The molecule has 174 valence electrons. The average Bonchev–Trinajstić information content (AvgIpc) is 3.54. The molecule has 0 bridgehead atoms. The molecule has 1 aromatic carbocycles. The summed E-state index contributed by atoms with van der Waals surface area (Å²) >= 11 is 1.52. The monoisotopic (exact) mass is 467 g/mol. The summed E-state index contributed by atoms with van der Waals surface area (Å²) in [6.45, 7) is 2.14. The Morgan fingerprint density at radius 2 is 1.94 bits per heavy atom. The van der Waals surface area contributed by atoms with Crippen LogP contribution in [-0.2, 0) is 16.1 Å². The van der Waals surface area contributed by atoms with Crippen LogP contribution in [0.15, 0.2) is 48.1 Å². The Morgan fingerprint density at radius 3 is 2.67 bits per heavy atom. The van der Waals surface area contributed by atoms with Crippen molar-refractivity contribution in [2.24, 2.45) is 0 Å². The lowest BCUT2D eigenvalue weighted by Gasteiger charge is -2.17. The van der Waals surface area contributed by atoms with E-state index in [-0.39, 0.29) is 24.1 Å². The lowest BCUT2D eigenvalue weighted by molar-refractivity contribution is -0.123. The van der Waals surface area contributed by atoms with Gasteiger partial charge in [-0.1, -0.05) is 50.1 Å².